The van der Waals surface area contributed by atoms with Gasteiger partial charge in [-0.3, -0.25) is 5.10 Å². The van der Waals surface area contributed by atoms with Gasteiger partial charge in [0.2, 0.25) is 0 Å². The number of rotatable bonds is 17. The number of nitrogens with zero attached hydrogens (tertiary/aromatic N) is 3. The second kappa shape index (κ2) is 13.5. The molecule has 0 aromatic carbocycles. The summed E-state index contributed by atoms with van der Waals surface area (Å²) in [5.74, 6) is 1.28. The summed E-state index contributed by atoms with van der Waals surface area (Å²) >= 11 is 6.20. The number of sulfone groups is 1. The third-order valence-electron chi connectivity index (χ3n) is 6.09. The van der Waals surface area contributed by atoms with E-state index in [-0.39, 0.29) is 11.7 Å². The maximum atomic E-state index is 12.9. The quantitative estimate of drug-likeness (QED) is 0.273. The van der Waals surface area contributed by atoms with Crippen LogP contribution in [0.5, 0.6) is 0 Å². The molecule has 31 heavy (non-hydrogen) atoms. The van der Waals surface area contributed by atoms with Crippen LogP contribution in [0.3, 0.4) is 0 Å². The van der Waals surface area contributed by atoms with Crippen LogP contribution >= 0.6 is 11.6 Å². The summed E-state index contributed by atoms with van der Waals surface area (Å²) in [5, 5.41) is 11.9. The van der Waals surface area contributed by atoms with Crippen molar-refractivity contribution in [2.45, 2.75) is 104 Å². The van der Waals surface area contributed by atoms with Crippen LogP contribution in [0.2, 0.25) is 5.02 Å². The third-order valence-corrected chi connectivity index (χ3v) is 8.35. The summed E-state index contributed by atoms with van der Waals surface area (Å²) in [6.45, 7) is 6.30. The fourth-order valence-electron chi connectivity index (χ4n) is 4.20. The largest absolute Gasteiger partial charge is 0.294 e. The second-order valence-electron chi connectivity index (χ2n) is 8.96. The highest BCUT2D eigenvalue weighted by Crippen LogP contribution is 2.22. The first-order valence-electron chi connectivity index (χ1n) is 12.2. The Morgan fingerprint density at radius 3 is 2.16 bits per heavy atom. The van der Waals surface area contributed by atoms with Gasteiger partial charge in [-0.05, 0) is 25.7 Å². The molecule has 0 aliphatic heterocycles. The normalized spacial score (nSPS) is 13.3. The van der Waals surface area contributed by atoms with Gasteiger partial charge in [0.05, 0.1) is 17.2 Å². The molecule has 2 aromatic rings. The van der Waals surface area contributed by atoms with E-state index in [1.807, 2.05) is 6.92 Å². The topological polar surface area (TPSA) is 80.1 Å². The van der Waals surface area contributed by atoms with Crippen molar-refractivity contribution in [3.8, 4) is 0 Å². The lowest BCUT2D eigenvalue weighted by molar-refractivity contribution is 0.431. The van der Waals surface area contributed by atoms with Crippen molar-refractivity contribution in [1.29, 1.82) is 0 Å². The minimum atomic E-state index is -3.15. The van der Waals surface area contributed by atoms with Crippen LogP contribution in [0.25, 0.3) is 5.65 Å². The Kier molecular flexibility index (Phi) is 11.4. The maximum absolute atomic E-state index is 12.9. The monoisotopic (exact) mass is 472 g/mol. The third kappa shape index (κ3) is 8.76. The van der Waals surface area contributed by atoms with E-state index in [9.17, 15) is 8.42 Å². The van der Waals surface area contributed by atoms with Gasteiger partial charge < -0.3 is 0 Å². The lowest BCUT2D eigenvalue weighted by atomic mass is 9.96. The first kappa shape index (κ1) is 26.2. The number of hydrogen-bond donors (Lipinski definition) is 1. The standard InChI is InChI=1S/C23H41ClN4O2S/c1-4-6-8-10-11-13-15-20(14-12-9-7-5-2)18-31(29,30)17-16-21-25-26-23-22(24)19(3)27-28(21)23/h20,27H,4-18H2,1-3H3. The summed E-state index contributed by atoms with van der Waals surface area (Å²) < 4.78 is 27.5. The predicted octanol–water partition coefficient (Wildman–Crippen LogP) is 6.31. The van der Waals surface area contributed by atoms with Crippen molar-refractivity contribution >= 4 is 27.1 Å². The number of aryl methyl sites for hydroxylation is 2. The van der Waals surface area contributed by atoms with Gasteiger partial charge in [-0.2, -0.15) is 0 Å². The van der Waals surface area contributed by atoms with Gasteiger partial charge in [-0.25, -0.2) is 12.9 Å². The summed E-state index contributed by atoms with van der Waals surface area (Å²) in [6, 6.07) is 0. The van der Waals surface area contributed by atoms with Crippen molar-refractivity contribution in [1.82, 2.24) is 19.8 Å². The number of nitrogens with one attached hydrogen (secondary N) is 1. The second-order valence-corrected chi connectivity index (χ2v) is 11.6. The number of unbranched alkanes of at least 4 members (excludes halogenated alkanes) is 8. The van der Waals surface area contributed by atoms with E-state index in [2.05, 4.69) is 29.1 Å². The summed E-state index contributed by atoms with van der Waals surface area (Å²) in [4.78, 5) is 0. The Bertz CT molecular complexity index is 876. The highest BCUT2D eigenvalue weighted by atomic mass is 35.5. The highest BCUT2D eigenvalue weighted by molar-refractivity contribution is 7.91. The Morgan fingerprint density at radius 1 is 0.935 bits per heavy atom. The van der Waals surface area contributed by atoms with Crippen LogP contribution in [-0.2, 0) is 16.3 Å². The molecule has 1 unspecified atom stereocenters. The highest BCUT2D eigenvalue weighted by Gasteiger charge is 2.21. The molecule has 8 heteroatoms. The molecule has 1 atom stereocenters. The first-order chi connectivity index (χ1) is 14.9. The fraction of sp³-hybridized carbons (Fsp3) is 0.826. The molecule has 1 N–H and O–H groups in total. The van der Waals surface area contributed by atoms with Gasteiger partial charge in [0.1, 0.15) is 5.02 Å². The van der Waals surface area contributed by atoms with Crippen molar-refractivity contribution in [3.05, 3.63) is 16.5 Å². The molecule has 0 amide bonds. The Hall–Kier alpha value is -1.08. The van der Waals surface area contributed by atoms with Crippen LogP contribution < -0.4 is 0 Å². The molecule has 2 heterocycles. The van der Waals surface area contributed by atoms with Crippen molar-refractivity contribution in [3.63, 3.8) is 0 Å². The number of hydrogen-bond acceptors (Lipinski definition) is 4. The average Bonchev–Trinajstić information content (AvgIpc) is 3.25. The zero-order valence-electron chi connectivity index (χ0n) is 19.6. The zero-order chi connectivity index (χ0) is 22.7. The number of halogens is 1. The van der Waals surface area contributed by atoms with Crippen LogP contribution in [-0.4, -0.2) is 39.7 Å². The molecule has 0 spiro atoms. The Balaban J connectivity index is 1.88. The molecule has 2 aromatic heterocycles. The van der Waals surface area contributed by atoms with E-state index in [0.29, 0.717) is 28.7 Å². The molecule has 0 aliphatic carbocycles. The van der Waals surface area contributed by atoms with Crippen molar-refractivity contribution in [2.24, 2.45) is 5.92 Å². The van der Waals surface area contributed by atoms with Crippen LogP contribution in [0.1, 0.15) is 102 Å². The minimum Gasteiger partial charge on any atom is -0.294 e. The molecular weight excluding hydrogens is 432 g/mol. The predicted molar refractivity (Wildman–Crippen MR) is 130 cm³/mol. The van der Waals surface area contributed by atoms with Crippen molar-refractivity contribution < 1.29 is 8.42 Å². The summed E-state index contributed by atoms with van der Waals surface area (Å²) in [5.41, 5.74) is 1.37. The number of aromatic amines is 1. The van der Waals surface area contributed by atoms with E-state index in [1.165, 1.54) is 51.4 Å². The lowest BCUT2D eigenvalue weighted by Gasteiger charge is -2.17. The number of fused-ring (bicyclic) bond motifs is 1. The van der Waals surface area contributed by atoms with E-state index < -0.39 is 9.84 Å². The zero-order valence-corrected chi connectivity index (χ0v) is 21.2. The van der Waals surface area contributed by atoms with Gasteiger partial charge in [0.25, 0.3) is 0 Å². The van der Waals surface area contributed by atoms with Crippen LogP contribution in [0, 0.1) is 12.8 Å². The Labute approximate surface area is 193 Å². The van der Waals surface area contributed by atoms with Gasteiger partial charge in [0, 0.05) is 6.42 Å². The number of aromatic nitrogens is 4. The Morgan fingerprint density at radius 2 is 1.52 bits per heavy atom. The molecule has 0 fully saturated rings. The minimum absolute atomic E-state index is 0.103. The first-order valence-corrected chi connectivity index (χ1v) is 14.4. The van der Waals surface area contributed by atoms with E-state index in [4.69, 9.17) is 11.6 Å². The SMILES string of the molecule is CCCCCCCCC(CCCCCC)CS(=O)(=O)CCc1nnc2c(Cl)c(C)[nH]n12. The van der Waals surface area contributed by atoms with Crippen molar-refractivity contribution in [2.75, 3.05) is 11.5 Å². The van der Waals surface area contributed by atoms with Gasteiger partial charge in [-0.15, -0.1) is 10.2 Å². The smallest absolute Gasteiger partial charge is 0.196 e. The van der Waals surface area contributed by atoms with Crippen LogP contribution in [0.15, 0.2) is 0 Å². The van der Waals surface area contributed by atoms with Gasteiger partial charge in [0.15, 0.2) is 21.3 Å². The molecule has 0 bridgehead atoms. The molecule has 0 radical (unpaired) electrons. The average molecular weight is 473 g/mol. The molecule has 0 aliphatic rings. The lowest BCUT2D eigenvalue weighted by Crippen LogP contribution is -2.21. The van der Waals surface area contributed by atoms with E-state index >= 15 is 0 Å². The molecule has 0 saturated heterocycles. The van der Waals surface area contributed by atoms with Gasteiger partial charge >= 0.3 is 0 Å². The molecule has 178 valence electrons. The van der Waals surface area contributed by atoms with Gasteiger partial charge in [-0.1, -0.05) is 89.7 Å². The summed E-state index contributed by atoms with van der Waals surface area (Å²) in [7, 11) is -3.15. The molecule has 0 saturated carbocycles. The number of H-pyrrole nitrogens is 1. The fourth-order valence-corrected chi connectivity index (χ4v) is 6.07. The van der Waals surface area contributed by atoms with Crippen LogP contribution in [0.4, 0.5) is 0 Å². The molecule has 6 nitrogen and oxygen atoms in total. The van der Waals surface area contributed by atoms with E-state index in [0.717, 1.165) is 31.4 Å². The molecule has 2 rings (SSSR count). The summed E-state index contributed by atoms with van der Waals surface area (Å²) in [6.07, 6.45) is 14.7. The van der Waals surface area contributed by atoms with E-state index in [1.54, 1.807) is 4.52 Å². The molecular formula is C23H41ClN4O2S. The maximum Gasteiger partial charge on any atom is 0.196 e.